The van der Waals surface area contributed by atoms with E-state index in [4.69, 9.17) is 0 Å². The van der Waals surface area contributed by atoms with Gasteiger partial charge >= 0.3 is 12.1 Å². The van der Waals surface area contributed by atoms with E-state index in [-0.39, 0.29) is 5.82 Å². The van der Waals surface area contributed by atoms with E-state index in [0.717, 1.165) is 0 Å². The number of halogens is 3. The van der Waals surface area contributed by atoms with E-state index in [1.54, 1.807) is 29.6 Å². The van der Waals surface area contributed by atoms with E-state index in [0.29, 0.717) is 10.9 Å². The third kappa shape index (κ3) is 1.83. The number of hydrogen-bond acceptors (Lipinski definition) is 2. The van der Waals surface area contributed by atoms with Crippen LogP contribution in [0.5, 0.6) is 0 Å². The van der Waals surface area contributed by atoms with Crippen LogP contribution < -0.4 is 5.32 Å². The van der Waals surface area contributed by atoms with Crippen LogP contribution in [0.4, 0.5) is 19.0 Å². The molecule has 7 heteroatoms. The minimum Gasteiger partial charge on any atom is -0.301 e. The first kappa shape index (κ1) is 10.5. The number of benzene rings is 1. The number of aromatic nitrogens is 2. The molecule has 1 aromatic carbocycles. The van der Waals surface area contributed by atoms with Gasteiger partial charge in [0.1, 0.15) is 0 Å². The van der Waals surface area contributed by atoms with Gasteiger partial charge in [-0.15, -0.1) is 0 Å². The molecule has 0 aliphatic carbocycles. The van der Waals surface area contributed by atoms with E-state index in [2.05, 4.69) is 10.2 Å². The second-order valence-electron chi connectivity index (χ2n) is 3.07. The standard InChI is InChI=1S/C9H6F3N3O/c10-9(11,12)8(16)13-7-5-3-1-2-4-6(5)14-15-7/h1-4H,(H2,13,14,15,16). The first-order chi connectivity index (χ1) is 7.48. The van der Waals surface area contributed by atoms with E-state index in [9.17, 15) is 18.0 Å². The van der Waals surface area contributed by atoms with Gasteiger partial charge in [0.25, 0.3) is 0 Å². The third-order valence-electron chi connectivity index (χ3n) is 1.96. The zero-order chi connectivity index (χ0) is 11.8. The monoisotopic (exact) mass is 229 g/mol. The van der Waals surface area contributed by atoms with Gasteiger partial charge in [0.05, 0.1) is 5.52 Å². The number of H-pyrrole nitrogens is 1. The van der Waals surface area contributed by atoms with Crippen LogP contribution in [0.2, 0.25) is 0 Å². The summed E-state index contributed by atoms with van der Waals surface area (Å²) < 4.78 is 36.0. The van der Waals surface area contributed by atoms with Gasteiger partial charge in [-0.05, 0) is 12.1 Å². The van der Waals surface area contributed by atoms with E-state index in [1.165, 1.54) is 0 Å². The summed E-state index contributed by atoms with van der Waals surface area (Å²) in [6.07, 6.45) is -4.92. The van der Waals surface area contributed by atoms with Gasteiger partial charge in [0.15, 0.2) is 5.82 Å². The highest BCUT2D eigenvalue weighted by atomic mass is 19.4. The molecule has 0 bridgehead atoms. The molecule has 1 amide bonds. The van der Waals surface area contributed by atoms with Crippen LogP contribution in [0.15, 0.2) is 24.3 Å². The molecule has 2 N–H and O–H groups in total. The van der Waals surface area contributed by atoms with Crippen molar-refractivity contribution in [2.45, 2.75) is 6.18 Å². The Balaban J connectivity index is 2.32. The molecule has 0 saturated heterocycles. The molecule has 0 fully saturated rings. The summed E-state index contributed by atoms with van der Waals surface area (Å²) >= 11 is 0. The van der Waals surface area contributed by atoms with Crippen LogP contribution in [0.3, 0.4) is 0 Å². The fourth-order valence-electron chi connectivity index (χ4n) is 1.24. The van der Waals surface area contributed by atoms with Crippen molar-refractivity contribution in [3.63, 3.8) is 0 Å². The zero-order valence-electron chi connectivity index (χ0n) is 7.80. The Hall–Kier alpha value is -2.05. The van der Waals surface area contributed by atoms with Crippen molar-refractivity contribution in [2.75, 3.05) is 5.32 Å². The lowest BCUT2D eigenvalue weighted by Crippen LogP contribution is -2.30. The van der Waals surface area contributed by atoms with Gasteiger partial charge in [-0.25, -0.2) is 0 Å². The number of fused-ring (bicyclic) bond motifs is 1. The van der Waals surface area contributed by atoms with Crippen molar-refractivity contribution in [3.05, 3.63) is 24.3 Å². The number of hydrogen-bond donors (Lipinski definition) is 2. The second kappa shape index (κ2) is 3.51. The zero-order valence-corrected chi connectivity index (χ0v) is 7.80. The molecule has 1 heterocycles. The maximum atomic E-state index is 12.0. The molecular weight excluding hydrogens is 223 g/mol. The van der Waals surface area contributed by atoms with Crippen LogP contribution in [-0.2, 0) is 4.79 Å². The van der Waals surface area contributed by atoms with Crippen molar-refractivity contribution in [1.82, 2.24) is 10.2 Å². The minimum absolute atomic E-state index is 0.127. The summed E-state index contributed by atoms with van der Waals surface area (Å²) in [4.78, 5) is 10.7. The predicted octanol–water partition coefficient (Wildman–Crippen LogP) is 2.06. The molecule has 0 atom stereocenters. The summed E-state index contributed by atoms with van der Waals surface area (Å²) in [6.45, 7) is 0. The average Bonchev–Trinajstić information content (AvgIpc) is 2.61. The highest BCUT2D eigenvalue weighted by Gasteiger charge is 2.39. The quantitative estimate of drug-likeness (QED) is 0.786. The molecule has 1 aromatic heterocycles. The topological polar surface area (TPSA) is 57.8 Å². The number of amides is 1. The Morgan fingerprint density at radius 1 is 1.31 bits per heavy atom. The normalized spacial score (nSPS) is 11.7. The van der Waals surface area contributed by atoms with Gasteiger partial charge in [0.2, 0.25) is 0 Å². The maximum absolute atomic E-state index is 12.0. The molecule has 0 aliphatic rings. The molecule has 0 saturated carbocycles. The lowest BCUT2D eigenvalue weighted by Gasteiger charge is -2.05. The summed E-state index contributed by atoms with van der Waals surface area (Å²) in [6, 6.07) is 6.55. The Morgan fingerprint density at radius 2 is 2.00 bits per heavy atom. The Morgan fingerprint density at radius 3 is 2.69 bits per heavy atom. The fourth-order valence-corrected chi connectivity index (χ4v) is 1.24. The smallest absolute Gasteiger partial charge is 0.301 e. The molecule has 2 aromatic rings. The molecule has 0 spiro atoms. The molecule has 0 radical (unpaired) electrons. The first-order valence-electron chi connectivity index (χ1n) is 4.30. The lowest BCUT2D eigenvalue weighted by atomic mass is 10.2. The van der Waals surface area contributed by atoms with Crippen molar-refractivity contribution in [2.24, 2.45) is 0 Å². The van der Waals surface area contributed by atoms with Gasteiger partial charge in [0, 0.05) is 5.39 Å². The molecule has 4 nitrogen and oxygen atoms in total. The molecule has 16 heavy (non-hydrogen) atoms. The number of alkyl halides is 3. The molecule has 2 rings (SSSR count). The highest BCUT2D eigenvalue weighted by molar-refractivity contribution is 6.01. The molecular formula is C9H6F3N3O. The van der Waals surface area contributed by atoms with Gasteiger partial charge in [-0.1, -0.05) is 12.1 Å². The number of nitrogens with one attached hydrogen (secondary N) is 2. The van der Waals surface area contributed by atoms with Crippen LogP contribution in [0.1, 0.15) is 0 Å². The van der Waals surface area contributed by atoms with Crippen molar-refractivity contribution < 1.29 is 18.0 Å². The SMILES string of the molecule is O=C(Nc1n[nH]c2ccccc12)C(F)(F)F. The van der Waals surface area contributed by atoms with Gasteiger partial charge < -0.3 is 5.32 Å². The van der Waals surface area contributed by atoms with E-state index >= 15 is 0 Å². The van der Waals surface area contributed by atoms with Gasteiger partial charge in [-0.3, -0.25) is 9.89 Å². The Labute approximate surface area is 87.4 Å². The number of carbonyl (C=O) groups excluding carboxylic acids is 1. The number of anilines is 1. The fraction of sp³-hybridized carbons (Fsp3) is 0.111. The van der Waals surface area contributed by atoms with Crippen LogP contribution >= 0.6 is 0 Å². The van der Waals surface area contributed by atoms with Crippen LogP contribution in [0.25, 0.3) is 10.9 Å². The number of carbonyl (C=O) groups is 1. The number of nitrogens with zero attached hydrogens (tertiary/aromatic N) is 1. The number of rotatable bonds is 1. The Bertz CT molecular complexity index is 532. The first-order valence-corrected chi connectivity index (χ1v) is 4.30. The molecule has 84 valence electrons. The van der Waals surface area contributed by atoms with Crippen molar-refractivity contribution >= 4 is 22.6 Å². The average molecular weight is 229 g/mol. The molecule has 0 unspecified atom stereocenters. The Kier molecular flexibility index (Phi) is 2.30. The summed E-state index contributed by atoms with van der Waals surface area (Å²) in [5, 5.41) is 8.23. The summed E-state index contributed by atoms with van der Waals surface area (Å²) in [7, 11) is 0. The highest BCUT2D eigenvalue weighted by Crippen LogP contribution is 2.22. The van der Waals surface area contributed by atoms with Crippen molar-refractivity contribution in [3.8, 4) is 0 Å². The minimum atomic E-state index is -4.92. The van der Waals surface area contributed by atoms with E-state index in [1.807, 2.05) is 0 Å². The van der Waals surface area contributed by atoms with Gasteiger partial charge in [-0.2, -0.15) is 18.3 Å². The molecule has 0 aliphatic heterocycles. The lowest BCUT2D eigenvalue weighted by molar-refractivity contribution is -0.167. The van der Waals surface area contributed by atoms with E-state index < -0.39 is 12.1 Å². The summed E-state index contributed by atoms with van der Waals surface area (Å²) in [5.74, 6) is -2.16. The van der Waals surface area contributed by atoms with Crippen LogP contribution in [0, 0.1) is 0 Å². The number of para-hydroxylation sites is 1. The third-order valence-corrected chi connectivity index (χ3v) is 1.96. The number of aromatic amines is 1. The van der Waals surface area contributed by atoms with Crippen LogP contribution in [-0.4, -0.2) is 22.3 Å². The predicted molar refractivity (Wildman–Crippen MR) is 50.8 cm³/mol. The van der Waals surface area contributed by atoms with Crippen molar-refractivity contribution in [1.29, 1.82) is 0 Å². The second-order valence-corrected chi connectivity index (χ2v) is 3.07. The summed E-state index contributed by atoms with van der Waals surface area (Å²) in [5.41, 5.74) is 0.556. The largest absolute Gasteiger partial charge is 0.471 e. The maximum Gasteiger partial charge on any atom is 0.471 e.